The summed E-state index contributed by atoms with van der Waals surface area (Å²) in [6.07, 6.45) is 6.81. The molecule has 2 atom stereocenters. The average Bonchev–Trinajstić information content (AvgIpc) is 3.16. The maximum atomic E-state index is 11.9. The Morgan fingerprint density at radius 2 is 2.12 bits per heavy atom. The van der Waals surface area contributed by atoms with Gasteiger partial charge in [-0.05, 0) is 44.2 Å². The Morgan fingerprint density at radius 1 is 1.28 bits per heavy atom. The van der Waals surface area contributed by atoms with Crippen molar-refractivity contribution >= 4 is 12.1 Å². The van der Waals surface area contributed by atoms with Crippen LogP contribution in [0.2, 0.25) is 0 Å². The zero-order valence-electron chi connectivity index (χ0n) is 18.6. The number of amides is 1. The van der Waals surface area contributed by atoms with Gasteiger partial charge in [0.1, 0.15) is 11.4 Å². The van der Waals surface area contributed by atoms with E-state index < -0.39 is 12.1 Å². The number of alkyl carbamates (subject to hydrolysis) is 1. The number of ether oxygens (including phenoxy) is 2. The van der Waals surface area contributed by atoms with E-state index in [1.165, 1.54) is 0 Å². The third-order valence-electron chi connectivity index (χ3n) is 5.58. The Morgan fingerprint density at radius 3 is 2.84 bits per heavy atom. The highest BCUT2D eigenvalue weighted by molar-refractivity contribution is 5.70. The number of carboxylic acid groups (broad SMARTS) is 1. The van der Waals surface area contributed by atoms with Crippen LogP contribution in [0.15, 0.2) is 18.3 Å². The standard InChI is InChI=1S/C22H31N5O5/c1-3-4-5-11-31-22(30)24-14-19-20(25-26-27(19)2)18-10-9-17(13-23-18)32-16-8-6-7-15(12-16)21(28)29/h9-10,13,15-16H,3-8,11-12,14H2,1-2H3,(H,24,30)(H,28,29)/t15?,16-/m0/s1. The number of unbranched alkanes of at least 4 members (excludes halogenated alkanes) is 2. The normalized spacial score (nSPS) is 18.2. The molecular formula is C22H31N5O5. The van der Waals surface area contributed by atoms with E-state index in [4.69, 9.17) is 9.47 Å². The second kappa shape index (κ2) is 11.4. The molecule has 1 amide bonds. The number of carboxylic acids is 1. The van der Waals surface area contributed by atoms with Crippen molar-refractivity contribution in [2.24, 2.45) is 13.0 Å². The highest BCUT2D eigenvalue weighted by atomic mass is 16.5. The van der Waals surface area contributed by atoms with Gasteiger partial charge >= 0.3 is 12.1 Å². The lowest BCUT2D eigenvalue weighted by Crippen LogP contribution is -2.29. The third kappa shape index (κ3) is 6.41. The number of hydrogen-bond acceptors (Lipinski definition) is 7. The van der Waals surface area contributed by atoms with Gasteiger partial charge in [0.05, 0.1) is 42.8 Å². The van der Waals surface area contributed by atoms with Crippen molar-refractivity contribution in [3.05, 3.63) is 24.0 Å². The summed E-state index contributed by atoms with van der Waals surface area (Å²) in [5, 5.41) is 20.2. The molecule has 0 aromatic carbocycles. The maximum Gasteiger partial charge on any atom is 0.407 e. The van der Waals surface area contributed by atoms with Crippen LogP contribution >= 0.6 is 0 Å². The van der Waals surface area contributed by atoms with Gasteiger partial charge in [-0.2, -0.15) is 0 Å². The molecule has 2 aromatic rings. The number of hydrogen-bond donors (Lipinski definition) is 2. The van der Waals surface area contributed by atoms with Gasteiger partial charge in [-0.25, -0.2) is 9.48 Å². The first-order valence-electron chi connectivity index (χ1n) is 11.1. The molecule has 10 nitrogen and oxygen atoms in total. The summed E-state index contributed by atoms with van der Waals surface area (Å²) < 4.78 is 12.7. The van der Waals surface area contributed by atoms with E-state index in [0.717, 1.165) is 32.1 Å². The summed E-state index contributed by atoms with van der Waals surface area (Å²) in [5.41, 5.74) is 1.87. The fraction of sp³-hybridized carbons (Fsp3) is 0.591. The SMILES string of the molecule is CCCCCOC(=O)NCc1c(-c2ccc(O[C@H]3CCCC(C(=O)O)C3)cn2)nnn1C. The van der Waals surface area contributed by atoms with Gasteiger partial charge in [0.2, 0.25) is 0 Å². The number of carbonyl (C=O) groups is 2. The Hall–Kier alpha value is -3.17. The molecule has 0 aliphatic heterocycles. The number of carbonyl (C=O) groups excluding carboxylic acids is 1. The molecule has 1 aliphatic carbocycles. The quantitative estimate of drug-likeness (QED) is 0.533. The van der Waals surface area contributed by atoms with Crippen LogP contribution in [-0.4, -0.2) is 49.9 Å². The molecule has 2 aromatic heterocycles. The van der Waals surface area contributed by atoms with Crippen molar-refractivity contribution < 1.29 is 24.2 Å². The Labute approximate surface area is 187 Å². The van der Waals surface area contributed by atoms with Gasteiger partial charge in [0, 0.05) is 7.05 Å². The molecule has 1 saturated carbocycles. The van der Waals surface area contributed by atoms with Crippen LogP contribution in [-0.2, 0) is 23.1 Å². The minimum atomic E-state index is -0.764. The first-order valence-corrected chi connectivity index (χ1v) is 11.1. The summed E-state index contributed by atoms with van der Waals surface area (Å²) in [4.78, 5) is 27.6. The van der Waals surface area contributed by atoms with Crippen molar-refractivity contribution in [2.45, 2.75) is 64.5 Å². The predicted molar refractivity (Wildman–Crippen MR) is 116 cm³/mol. The number of aromatic nitrogens is 4. The van der Waals surface area contributed by atoms with E-state index in [1.54, 1.807) is 30.1 Å². The number of rotatable bonds is 10. The van der Waals surface area contributed by atoms with E-state index >= 15 is 0 Å². The molecule has 0 bridgehead atoms. The second-order valence-corrected chi connectivity index (χ2v) is 8.03. The molecule has 10 heteroatoms. The topological polar surface area (TPSA) is 128 Å². The molecule has 3 rings (SSSR count). The summed E-state index contributed by atoms with van der Waals surface area (Å²) >= 11 is 0. The van der Waals surface area contributed by atoms with E-state index in [1.807, 2.05) is 0 Å². The van der Waals surface area contributed by atoms with Gasteiger partial charge in [0.25, 0.3) is 0 Å². The van der Waals surface area contributed by atoms with Crippen molar-refractivity contribution in [2.75, 3.05) is 6.61 Å². The summed E-state index contributed by atoms with van der Waals surface area (Å²) in [7, 11) is 1.75. The highest BCUT2D eigenvalue weighted by Crippen LogP contribution is 2.28. The van der Waals surface area contributed by atoms with Crippen LogP contribution in [0.25, 0.3) is 11.4 Å². The largest absolute Gasteiger partial charge is 0.489 e. The van der Waals surface area contributed by atoms with E-state index in [0.29, 0.717) is 42.3 Å². The number of aryl methyl sites for hydroxylation is 1. The van der Waals surface area contributed by atoms with Gasteiger partial charge in [-0.15, -0.1) is 5.10 Å². The number of aliphatic carboxylic acids is 1. The molecule has 0 radical (unpaired) electrons. The smallest absolute Gasteiger partial charge is 0.407 e. The van der Waals surface area contributed by atoms with Crippen LogP contribution in [0.5, 0.6) is 5.75 Å². The third-order valence-corrected chi connectivity index (χ3v) is 5.58. The van der Waals surface area contributed by atoms with Crippen LogP contribution in [0.4, 0.5) is 4.79 Å². The van der Waals surface area contributed by atoms with E-state index in [9.17, 15) is 14.7 Å². The zero-order valence-corrected chi connectivity index (χ0v) is 18.6. The number of pyridine rings is 1. The fourth-order valence-electron chi connectivity index (χ4n) is 3.76. The van der Waals surface area contributed by atoms with E-state index in [-0.39, 0.29) is 18.6 Å². The van der Waals surface area contributed by atoms with Gasteiger partial charge in [0.15, 0.2) is 0 Å². The molecule has 1 fully saturated rings. The molecule has 32 heavy (non-hydrogen) atoms. The minimum Gasteiger partial charge on any atom is -0.489 e. The lowest BCUT2D eigenvalue weighted by molar-refractivity contribution is -0.143. The van der Waals surface area contributed by atoms with Crippen LogP contribution < -0.4 is 10.1 Å². The van der Waals surface area contributed by atoms with Gasteiger partial charge in [-0.3, -0.25) is 9.78 Å². The van der Waals surface area contributed by atoms with E-state index in [2.05, 4.69) is 27.5 Å². The second-order valence-electron chi connectivity index (χ2n) is 8.03. The fourth-order valence-corrected chi connectivity index (χ4v) is 3.76. The first kappa shape index (κ1) is 23.5. The molecule has 0 saturated heterocycles. The van der Waals surface area contributed by atoms with Crippen molar-refractivity contribution in [3.8, 4) is 17.1 Å². The van der Waals surface area contributed by atoms with Crippen LogP contribution in [0.3, 0.4) is 0 Å². The molecule has 174 valence electrons. The minimum absolute atomic E-state index is 0.128. The number of nitrogens with one attached hydrogen (secondary N) is 1. The van der Waals surface area contributed by atoms with Crippen molar-refractivity contribution in [1.29, 1.82) is 0 Å². The summed E-state index contributed by atoms with van der Waals surface area (Å²) in [5.74, 6) is -0.529. The summed E-state index contributed by atoms with van der Waals surface area (Å²) in [6, 6.07) is 3.57. The average molecular weight is 446 g/mol. The molecule has 1 aliphatic rings. The lowest BCUT2D eigenvalue weighted by atomic mass is 9.87. The monoisotopic (exact) mass is 445 g/mol. The maximum absolute atomic E-state index is 11.9. The lowest BCUT2D eigenvalue weighted by Gasteiger charge is -2.27. The Balaban J connectivity index is 1.58. The molecule has 0 spiro atoms. The molecular weight excluding hydrogens is 414 g/mol. The highest BCUT2D eigenvalue weighted by Gasteiger charge is 2.28. The van der Waals surface area contributed by atoms with Gasteiger partial charge in [-0.1, -0.05) is 25.0 Å². The Kier molecular flexibility index (Phi) is 8.41. The first-order chi connectivity index (χ1) is 15.5. The summed E-state index contributed by atoms with van der Waals surface area (Å²) in [6.45, 7) is 2.70. The van der Waals surface area contributed by atoms with Crippen molar-refractivity contribution in [3.63, 3.8) is 0 Å². The van der Waals surface area contributed by atoms with Gasteiger partial charge < -0.3 is 19.9 Å². The van der Waals surface area contributed by atoms with Crippen LogP contribution in [0, 0.1) is 5.92 Å². The van der Waals surface area contributed by atoms with Crippen molar-refractivity contribution in [1.82, 2.24) is 25.3 Å². The van der Waals surface area contributed by atoms with Crippen LogP contribution in [0.1, 0.15) is 57.6 Å². The zero-order chi connectivity index (χ0) is 22.9. The molecule has 2 heterocycles. The predicted octanol–water partition coefficient (Wildman–Crippen LogP) is 3.32. The molecule has 1 unspecified atom stereocenters. The number of nitrogens with zero attached hydrogens (tertiary/aromatic N) is 4. The Bertz CT molecular complexity index is 899. The molecule has 2 N–H and O–H groups in total.